The molecule has 106 valence electrons. The summed E-state index contributed by atoms with van der Waals surface area (Å²) in [4.78, 5) is 12.3. The van der Waals surface area contributed by atoms with Crippen LogP contribution in [0.2, 0.25) is 0 Å². The Hall–Kier alpha value is -1.90. The molecule has 0 atom stereocenters. The normalized spacial score (nSPS) is 10.8. The van der Waals surface area contributed by atoms with Crippen molar-refractivity contribution in [2.75, 3.05) is 0 Å². The minimum atomic E-state index is 0.247. The van der Waals surface area contributed by atoms with Crippen LogP contribution < -0.4 is 0 Å². The lowest BCUT2D eigenvalue weighted by Gasteiger charge is -2.06. The summed E-state index contributed by atoms with van der Waals surface area (Å²) in [7, 11) is 0. The van der Waals surface area contributed by atoms with E-state index in [1.54, 1.807) is 0 Å². The summed E-state index contributed by atoms with van der Waals surface area (Å²) in [5, 5.41) is 4.49. The van der Waals surface area contributed by atoms with E-state index >= 15 is 0 Å². The van der Waals surface area contributed by atoms with E-state index in [2.05, 4.69) is 25.0 Å². The fraction of sp³-hybridized carbons (Fsp3) is 0.412. The largest absolute Gasteiger partial charge is 0.299 e. The van der Waals surface area contributed by atoms with Gasteiger partial charge >= 0.3 is 0 Å². The molecule has 2 aromatic rings. The Morgan fingerprint density at radius 1 is 1.20 bits per heavy atom. The first kappa shape index (κ1) is 14.5. The van der Waals surface area contributed by atoms with Crippen molar-refractivity contribution in [3.8, 4) is 0 Å². The van der Waals surface area contributed by atoms with Gasteiger partial charge in [-0.25, -0.2) is 0 Å². The first-order valence-electron chi connectivity index (χ1n) is 7.25. The second-order valence-electron chi connectivity index (χ2n) is 5.12. The van der Waals surface area contributed by atoms with Gasteiger partial charge in [-0.05, 0) is 37.5 Å². The molecule has 20 heavy (non-hydrogen) atoms. The van der Waals surface area contributed by atoms with E-state index < -0.39 is 0 Å². The number of carbonyl (C=O) groups is 1. The average molecular weight is 270 g/mol. The molecule has 0 aliphatic carbocycles. The third-order valence-electron chi connectivity index (χ3n) is 3.60. The molecule has 1 aromatic carbocycles. The number of Topliss-reactive ketones (excluding diaryl/α,β-unsaturated/α-hetero) is 1. The number of ketones is 1. The van der Waals surface area contributed by atoms with Crippen LogP contribution in [-0.4, -0.2) is 15.6 Å². The molecule has 0 saturated heterocycles. The monoisotopic (exact) mass is 270 g/mol. The van der Waals surface area contributed by atoms with Gasteiger partial charge in [0, 0.05) is 25.1 Å². The van der Waals surface area contributed by atoms with Gasteiger partial charge in [0.05, 0.1) is 5.69 Å². The molecule has 0 saturated carbocycles. The third kappa shape index (κ3) is 3.35. The lowest BCUT2D eigenvalue weighted by molar-refractivity contribution is -0.117. The molecule has 2 rings (SSSR count). The van der Waals surface area contributed by atoms with Gasteiger partial charge in [0.1, 0.15) is 5.78 Å². The molecule has 0 spiro atoms. The van der Waals surface area contributed by atoms with Crippen LogP contribution >= 0.6 is 0 Å². The summed E-state index contributed by atoms with van der Waals surface area (Å²) >= 11 is 0. The Balaban J connectivity index is 2.08. The minimum absolute atomic E-state index is 0.247. The number of hydrogen-bond acceptors (Lipinski definition) is 2. The number of benzene rings is 1. The van der Waals surface area contributed by atoms with Gasteiger partial charge in [0.25, 0.3) is 0 Å². The molecule has 0 aliphatic rings. The predicted octanol–water partition coefficient (Wildman–Crippen LogP) is 3.13. The molecule has 0 N–H and O–H groups in total. The Labute approximate surface area is 120 Å². The molecule has 0 radical (unpaired) electrons. The Kier molecular flexibility index (Phi) is 4.72. The molecule has 3 nitrogen and oxygen atoms in total. The van der Waals surface area contributed by atoms with Crippen LogP contribution in [0.25, 0.3) is 0 Å². The van der Waals surface area contributed by atoms with Crippen LogP contribution in [0.4, 0.5) is 0 Å². The lowest BCUT2D eigenvalue weighted by Crippen LogP contribution is -2.12. The molecular weight excluding hydrogens is 248 g/mol. The number of aromatic nitrogens is 2. The summed E-state index contributed by atoms with van der Waals surface area (Å²) in [6.07, 6.45) is 1.88. The van der Waals surface area contributed by atoms with Crippen LogP contribution in [0.15, 0.2) is 30.3 Å². The fourth-order valence-corrected chi connectivity index (χ4v) is 2.39. The molecule has 1 aromatic heterocycles. The van der Waals surface area contributed by atoms with E-state index in [1.807, 2.05) is 35.9 Å². The highest BCUT2D eigenvalue weighted by Gasteiger charge is 2.12. The van der Waals surface area contributed by atoms with Gasteiger partial charge in [-0.1, -0.05) is 31.2 Å². The number of hydrogen-bond donors (Lipinski definition) is 0. The maximum absolute atomic E-state index is 12.3. The Morgan fingerprint density at radius 2 is 1.95 bits per heavy atom. The molecule has 3 heteroatoms. The first-order chi connectivity index (χ1) is 9.63. The summed E-state index contributed by atoms with van der Waals surface area (Å²) in [6, 6.07) is 10.1. The number of rotatable bonds is 6. The van der Waals surface area contributed by atoms with Crippen molar-refractivity contribution in [3.05, 3.63) is 52.8 Å². The molecule has 0 unspecified atom stereocenters. The van der Waals surface area contributed by atoms with Crippen LogP contribution in [0.5, 0.6) is 0 Å². The molecule has 0 fully saturated rings. The van der Waals surface area contributed by atoms with Gasteiger partial charge in [0.15, 0.2) is 0 Å². The third-order valence-corrected chi connectivity index (χ3v) is 3.60. The SMILES string of the molecule is CCc1cc(CC(=O)Cc2ccccc2C)n(CC)n1. The second kappa shape index (κ2) is 6.51. The van der Waals surface area contributed by atoms with Crippen LogP contribution in [0, 0.1) is 6.92 Å². The smallest absolute Gasteiger partial charge is 0.143 e. The van der Waals surface area contributed by atoms with Crippen molar-refractivity contribution in [2.45, 2.75) is 46.6 Å². The highest BCUT2D eigenvalue weighted by molar-refractivity contribution is 5.83. The van der Waals surface area contributed by atoms with E-state index in [9.17, 15) is 4.79 Å². The van der Waals surface area contributed by atoms with Gasteiger partial charge in [-0.3, -0.25) is 9.48 Å². The van der Waals surface area contributed by atoms with Crippen molar-refractivity contribution >= 4 is 5.78 Å². The highest BCUT2D eigenvalue weighted by Crippen LogP contribution is 2.12. The van der Waals surface area contributed by atoms with Gasteiger partial charge in [-0.2, -0.15) is 5.10 Å². The summed E-state index contributed by atoms with van der Waals surface area (Å²) in [6.45, 7) is 7.00. The Morgan fingerprint density at radius 3 is 2.60 bits per heavy atom. The summed E-state index contributed by atoms with van der Waals surface area (Å²) in [5.41, 5.74) is 4.39. The topological polar surface area (TPSA) is 34.9 Å². The maximum atomic E-state index is 12.3. The van der Waals surface area contributed by atoms with E-state index in [0.29, 0.717) is 12.8 Å². The lowest BCUT2D eigenvalue weighted by atomic mass is 10.0. The van der Waals surface area contributed by atoms with Crippen molar-refractivity contribution in [3.63, 3.8) is 0 Å². The molecule has 0 aliphatic heterocycles. The number of nitrogens with zero attached hydrogens (tertiary/aromatic N) is 2. The number of aryl methyl sites for hydroxylation is 3. The van der Waals surface area contributed by atoms with Gasteiger partial charge in [-0.15, -0.1) is 0 Å². The average Bonchev–Trinajstić information content (AvgIpc) is 2.83. The van der Waals surface area contributed by atoms with E-state index in [0.717, 1.165) is 29.9 Å². The molecule has 1 heterocycles. The molecular formula is C17H22N2O. The zero-order valence-electron chi connectivity index (χ0n) is 12.5. The predicted molar refractivity (Wildman–Crippen MR) is 80.9 cm³/mol. The Bertz CT molecular complexity index is 599. The van der Waals surface area contributed by atoms with Crippen molar-refractivity contribution in [1.29, 1.82) is 0 Å². The van der Waals surface area contributed by atoms with Gasteiger partial charge in [0.2, 0.25) is 0 Å². The van der Waals surface area contributed by atoms with Crippen molar-refractivity contribution in [1.82, 2.24) is 9.78 Å². The van der Waals surface area contributed by atoms with Crippen molar-refractivity contribution in [2.24, 2.45) is 0 Å². The van der Waals surface area contributed by atoms with E-state index in [4.69, 9.17) is 0 Å². The van der Waals surface area contributed by atoms with E-state index in [1.165, 1.54) is 5.56 Å². The molecule has 0 amide bonds. The van der Waals surface area contributed by atoms with Crippen LogP contribution in [0.1, 0.15) is 36.4 Å². The summed E-state index contributed by atoms with van der Waals surface area (Å²) in [5.74, 6) is 0.247. The number of carbonyl (C=O) groups excluding carboxylic acids is 1. The zero-order chi connectivity index (χ0) is 14.5. The van der Waals surface area contributed by atoms with Crippen molar-refractivity contribution < 1.29 is 4.79 Å². The second-order valence-corrected chi connectivity index (χ2v) is 5.12. The zero-order valence-corrected chi connectivity index (χ0v) is 12.5. The van der Waals surface area contributed by atoms with Gasteiger partial charge < -0.3 is 0 Å². The first-order valence-corrected chi connectivity index (χ1v) is 7.25. The van der Waals surface area contributed by atoms with Crippen LogP contribution in [0.3, 0.4) is 0 Å². The highest BCUT2D eigenvalue weighted by atomic mass is 16.1. The van der Waals surface area contributed by atoms with Crippen LogP contribution in [-0.2, 0) is 30.6 Å². The summed E-state index contributed by atoms with van der Waals surface area (Å²) < 4.78 is 1.94. The molecule has 0 bridgehead atoms. The van der Waals surface area contributed by atoms with E-state index in [-0.39, 0.29) is 5.78 Å². The standard InChI is InChI=1S/C17H22N2O/c1-4-15-11-16(19(5-2)18-15)12-17(20)10-14-9-7-6-8-13(14)3/h6-9,11H,4-5,10,12H2,1-3H3. The fourth-order valence-electron chi connectivity index (χ4n) is 2.39. The maximum Gasteiger partial charge on any atom is 0.143 e. The quantitative estimate of drug-likeness (QED) is 0.808. The minimum Gasteiger partial charge on any atom is -0.299 e.